The molecule has 1 aliphatic heterocycles. The van der Waals surface area contributed by atoms with Crippen molar-refractivity contribution < 1.29 is 19.1 Å². The molecule has 1 fully saturated rings. The molecule has 28 heavy (non-hydrogen) atoms. The van der Waals surface area contributed by atoms with Gasteiger partial charge in [-0.15, -0.1) is 0 Å². The predicted molar refractivity (Wildman–Crippen MR) is 106 cm³/mol. The van der Waals surface area contributed by atoms with Gasteiger partial charge in [0.1, 0.15) is 12.1 Å². The van der Waals surface area contributed by atoms with Crippen molar-refractivity contribution in [3.8, 4) is 0 Å². The van der Waals surface area contributed by atoms with Gasteiger partial charge in [0, 0.05) is 19.8 Å². The van der Waals surface area contributed by atoms with Crippen molar-refractivity contribution in [2.75, 3.05) is 26.3 Å². The molecule has 1 aliphatic rings. The highest BCUT2D eigenvalue weighted by Gasteiger charge is 2.50. The van der Waals surface area contributed by atoms with Crippen molar-refractivity contribution in [3.63, 3.8) is 0 Å². The molecule has 7 heteroatoms. The third kappa shape index (κ3) is 3.84. The molecule has 0 spiro atoms. The first kappa shape index (κ1) is 19.8. The Balaban J connectivity index is 1.73. The maximum atomic E-state index is 13.1. The van der Waals surface area contributed by atoms with Crippen LogP contribution >= 0.6 is 0 Å². The summed E-state index contributed by atoms with van der Waals surface area (Å²) in [6.07, 6.45) is 0.674. The number of carbonyl (C=O) groups excluding carboxylic acids is 3. The van der Waals surface area contributed by atoms with Gasteiger partial charge in [0.2, 0.25) is 5.91 Å². The number of benzene rings is 2. The topological polar surface area (TPSA) is 87.7 Å². The summed E-state index contributed by atoms with van der Waals surface area (Å²) in [7, 11) is 0. The second-order valence-corrected chi connectivity index (χ2v) is 6.87. The molecule has 1 atom stereocenters. The second kappa shape index (κ2) is 8.39. The minimum absolute atomic E-state index is 0.306. The smallest absolute Gasteiger partial charge is 0.325 e. The van der Waals surface area contributed by atoms with Gasteiger partial charge in [-0.1, -0.05) is 42.5 Å². The minimum Gasteiger partial charge on any atom is -0.382 e. The normalized spacial score (nSPS) is 19.1. The van der Waals surface area contributed by atoms with Crippen LogP contribution in [0.3, 0.4) is 0 Å². The highest BCUT2D eigenvalue weighted by Crippen LogP contribution is 2.33. The summed E-state index contributed by atoms with van der Waals surface area (Å²) in [5.41, 5.74) is -0.503. The van der Waals surface area contributed by atoms with E-state index in [1.165, 1.54) is 0 Å². The van der Waals surface area contributed by atoms with Gasteiger partial charge < -0.3 is 15.4 Å². The van der Waals surface area contributed by atoms with Crippen molar-refractivity contribution in [1.82, 2.24) is 15.5 Å². The zero-order chi connectivity index (χ0) is 20.1. The summed E-state index contributed by atoms with van der Waals surface area (Å²) >= 11 is 0. The summed E-state index contributed by atoms with van der Waals surface area (Å²) in [5, 5.41) is 7.35. The first-order valence-corrected chi connectivity index (χ1v) is 9.44. The summed E-state index contributed by atoms with van der Waals surface area (Å²) < 4.78 is 5.21. The summed E-state index contributed by atoms with van der Waals surface area (Å²) in [5.74, 6) is -0.805. The van der Waals surface area contributed by atoms with Crippen LogP contribution in [0.5, 0.6) is 0 Å². The van der Waals surface area contributed by atoms with Gasteiger partial charge in [-0.25, -0.2) is 4.79 Å². The molecule has 4 amide bonds. The molecule has 0 aliphatic carbocycles. The lowest BCUT2D eigenvalue weighted by Crippen LogP contribution is -2.43. The first-order chi connectivity index (χ1) is 13.5. The number of urea groups is 1. The van der Waals surface area contributed by atoms with Crippen molar-refractivity contribution in [1.29, 1.82) is 0 Å². The van der Waals surface area contributed by atoms with Crippen LogP contribution < -0.4 is 10.6 Å². The first-order valence-electron chi connectivity index (χ1n) is 9.44. The maximum Gasteiger partial charge on any atom is 0.325 e. The molecular formula is C21H25N3O4. The number of fused-ring (bicyclic) bond motifs is 1. The fourth-order valence-corrected chi connectivity index (χ4v) is 3.43. The van der Waals surface area contributed by atoms with Crippen LogP contribution in [-0.4, -0.2) is 49.0 Å². The molecule has 1 unspecified atom stereocenters. The molecule has 3 rings (SSSR count). The average molecular weight is 383 g/mol. The molecule has 0 radical (unpaired) electrons. The van der Waals surface area contributed by atoms with Gasteiger partial charge in [-0.2, -0.15) is 0 Å². The van der Waals surface area contributed by atoms with E-state index >= 15 is 0 Å². The molecule has 2 N–H and O–H groups in total. The molecule has 1 saturated heterocycles. The lowest BCUT2D eigenvalue weighted by molar-refractivity contribution is -0.134. The zero-order valence-corrected chi connectivity index (χ0v) is 16.2. The molecule has 2 aromatic rings. The Morgan fingerprint density at radius 2 is 1.93 bits per heavy atom. The van der Waals surface area contributed by atoms with Crippen LogP contribution in [0, 0.1) is 0 Å². The van der Waals surface area contributed by atoms with E-state index < -0.39 is 17.5 Å². The fraction of sp³-hybridized carbons (Fsp3) is 0.381. The Labute approximate surface area is 164 Å². The van der Waals surface area contributed by atoms with Crippen LogP contribution in [0.2, 0.25) is 0 Å². The van der Waals surface area contributed by atoms with Crippen molar-refractivity contribution in [2.24, 2.45) is 0 Å². The largest absolute Gasteiger partial charge is 0.382 e. The van der Waals surface area contributed by atoms with Crippen LogP contribution in [0.1, 0.15) is 25.8 Å². The molecule has 0 aromatic heterocycles. The standard InChI is InChI=1S/C21H25N3O4/c1-3-28-13-7-12-22-18(25)14-24-19(26)21(2,23-20(24)27)17-11-6-9-15-8-4-5-10-16(15)17/h4-6,8-11H,3,7,12-14H2,1-2H3,(H,22,25)(H,23,27). The van der Waals surface area contributed by atoms with Crippen molar-refractivity contribution in [2.45, 2.75) is 25.8 Å². The predicted octanol–water partition coefficient (Wildman–Crippen LogP) is 2.15. The van der Waals surface area contributed by atoms with E-state index in [4.69, 9.17) is 4.74 Å². The number of carbonyl (C=O) groups is 3. The van der Waals surface area contributed by atoms with Gasteiger partial charge in [-0.05, 0) is 36.6 Å². The monoisotopic (exact) mass is 383 g/mol. The van der Waals surface area contributed by atoms with E-state index in [1.807, 2.05) is 49.4 Å². The lowest BCUT2D eigenvalue weighted by Gasteiger charge is -2.24. The third-order valence-electron chi connectivity index (χ3n) is 4.90. The number of rotatable bonds is 8. The van der Waals surface area contributed by atoms with Crippen molar-refractivity contribution >= 4 is 28.6 Å². The number of nitrogens with one attached hydrogen (secondary N) is 2. The summed E-state index contributed by atoms with van der Waals surface area (Å²) in [6.45, 7) is 4.89. The van der Waals surface area contributed by atoms with Crippen LogP contribution in [0.15, 0.2) is 42.5 Å². The molecule has 2 aromatic carbocycles. The van der Waals surface area contributed by atoms with E-state index in [0.29, 0.717) is 31.7 Å². The molecule has 1 heterocycles. The minimum atomic E-state index is -1.22. The SMILES string of the molecule is CCOCCCNC(=O)CN1C(=O)NC(C)(c2cccc3ccccc23)C1=O. The highest BCUT2D eigenvalue weighted by atomic mass is 16.5. The van der Waals surface area contributed by atoms with Crippen LogP contribution in [0.4, 0.5) is 4.79 Å². The number of imide groups is 1. The Hall–Kier alpha value is -2.93. The average Bonchev–Trinajstić information content (AvgIpc) is 2.91. The van der Waals surface area contributed by atoms with E-state index in [1.54, 1.807) is 6.92 Å². The van der Waals surface area contributed by atoms with Crippen LogP contribution in [0.25, 0.3) is 10.8 Å². The van der Waals surface area contributed by atoms with Gasteiger partial charge >= 0.3 is 6.03 Å². The summed E-state index contributed by atoms with van der Waals surface area (Å²) in [6, 6.07) is 12.8. The molecule has 0 bridgehead atoms. The molecular weight excluding hydrogens is 358 g/mol. The van der Waals surface area contributed by atoms with E-state index in [-0.39, 0.29) is 12.5 Å². The quantitative estimate of drug-likeness (QED) is 0.540. The third-order valence-corrected chi connectivity index (χ3v) is 4.90. The Morgan fingerprint density at radius 3 is 2.71 bits per heavy atom. The number of hydrogen-bond donors (Lipinski definition) is 2. The number of hydrogen-bond acceptors (Lipinski definition) is 4. The molecule has 148 valence electrons. The molecule has 0 saturated carbocycles. The van der Waals surface area contributed by atoms with Crippen LogP contribution in [-0.2, 0) is 19.9 Å². The van der Waals surface area contributed by atoms with Gasteiger partial charge in [0.15, 0.2) is 0 Å². The number of nitrogens with zero attached hydrogens (tertiary/aromatic N) is 1. The maximum absolute atomic E-state index is 13.1. The Morgan fingerprint density at radius 1 is 1.18 bits per heavy atom. The Bertz CT molecular complexity index is 893. The van der Waals surface area contributed by atoms with Gasteiger partial charge in [0.05, 0.1) is 0 Å². The lowest BCUT2D eigenvalue weighted by atomic mass is 9.88. The number of amides is 4. The number of ether oxygens (including phenoxy) is 1. The molecule has 7 nitrogen and oxygen atoms in total. The van der Waals surface area contributed by atoms with Crippen molar-refractivity contribution in [3.05, 3.63) is 48.0 Å². The van der Waals surface area contributed by atoms with E-state index in [2.05, 4.69) is 10.6 Å². The highest BCUT2D eigenvalue weighted by molar-refractivity contribution is 6.10. The second-order valence-electron chi connectivity index (χ2n) is 6.87. The fourth-order valence-electron chi connectivity index (χ4n) is 3.43. The van der Waals surface area contributed by atoms with E-state index in [0.717, 1.165) is 15.7 Å². The Kier molecular flexibility index (Phi) is 5.94. The summed E-state index contributed by atoms with van der Waals surface area (Å²) in [4.78, 5) is 38.7. The van der Waals surface area contributed by atoms with Gasteiger partial charge in [-0.3, -0.25) is 14.5 Å². The van der Waals surface area contributed by atoms with Gasteiger partial charge in [0.25, 0.3) is 5.91 Å². The van der Waals surface area contributed by atoms with E-state index in [9.17, 15) is 14.4 Å². The zero-order valence-electron chi connectivity index (χ0n) is 16.2.